The molecule has 0 spiro atoms. The zero-order valence-corrected chi connectivity index (χ0v) is 9.80. The summed E-state index contributed by atoms with van der Waals surface area (Å²) >= 11 is 0. The van der Waals surface area contributed by atoms with Crippen LogP contribution in [0.3, 0.4) is 0 Å². The maximum absolute atomic E-state index is 11.0. The molecule has 6 nitrogen and oxygen atoms in total. The molecule has 90 valence electrons. The van der Waals surface area contributed by atoms with Crippen LogP contribution in [0.1, 0.15) is 12.1 Å². The largest absolute Gasteiger partial charge is 0.469 e. The Kier molecular flexibility index (Phi) is 3.22. The van der Waals surface area contributed by atoms with E-state index in [4.69, 9.17) is 0 Å². The zero-order valence-electron chi connectivity index (χ0n) is 9.80. The number of carbonyl (C=O) groups excluding carboxylic acids is 1. The number of rotatable bonds is 4. The Hall–Kier alpha value is -2.11. The van der Waals surface area contributed by atoms with Crippen LogP contribution in [0.2, 0.25) is 0 Å². The van der Waals surface area contributed by atoms with E-state index in [1.807, 2.05) is 13.0 Å². The molecule has 2 heterocycles. The van der Waals surface area contributed by atoms with Crippen LogP contribution in [0.4, 0.5) is 5.82 Å². The Bertz CT molecular complexity index is 535. The highest BCUT2D eigenvalue weighted by molar-refractivity contribution is 5.71. The second kappa shape index (κ2) is 4.82. The average Bonchev–Trinajstić information content (AvgIpc) is 2.70. The highest BCUT2D eigenvalue weighted by atomic mass is 16.5. The van der Waals surface area contributed by atoms with Crippen molar-refractivity contribution in [3.05, 3.63) is 24.2 Å². The molecule has 0 saturated heterocycles. The summed E-state index contributed by atoms with van der Waals surface area (Å²) in [5.74, 6) is 0.478. The molecular formula is C11H14N4O2. The van der Waals surface area contributed by atoms with Crippen molar-refractivity contribution in [1.82, 2.24) is 14.6 Å². The van der Waals surface area contributed by atoms with Crippen molar-refractivity contribution in [2.24, 2.45) is 0 Å². The molecule has 6 heteroatoms. The summed E-state index contributed by atoms with van der Waals surface area (Å²) < 4.78 is 6.32. The van der Waals surface area contributed by atoms with Crippen LogP contribution in [-0.4, -0.2) is 34.2 Å². The van der Waals surface area contributed by atoms with Crippen LogP contribution < -0.4 is 5.32 Å². The molecule has 2 aromatic heterocycles. The zero-order chi connectivity index (χ0) is 12.3. The summed E-state index contributed by atoms with van der Waals surface area (Å²) in [7, 11) is 1.38. The molecule has 2 aromatic rings. The molecule has 0 unspecified atom stereocenters. The third kappa shape index (κ3) is 2.52. The summed E-state index contributed by atoms with van der Waals surface area (Å²) in [6.07, 6.45) is 3.76. The van der Waals surface area contributed by atoms with E-state index in [1.165, 1.54) is 7.11 Å². The van der Waals surface area contributed by atoms with Crippen molar-refractivity contribution in [3.63, 3.8) is 0 Å². The fraction of sp³-hybridized carbons (Fsp3) is 0.364. The summed E-state index contributed by atoms with van der Waals surface area (Å²) in [4.78, 5) is 15.2. The number of aromatic nitrogens is 3. The molecule has 0 saturated carbocycles. The van der Waals surface area contributed by atoms with E-state index in [0.717, 1.165) is 17.0 Å². The normalized spacial score (nSPS) is 10.5. The van der Waals surface area contributed by atoms with Crippen LogP contribution in [-0.2, 0) is 9.53 Å². The number of hydrogen-bond donors (Lipinski definition) is 1. The number of carbonyl (C=O) groups is 1. The van der Waals surface area contributed by atoms with Gasteiger partial charge in [0.05, 0.1) is 19.2 Å². The lowest BCUT2D eigenvalue weighted by Gasteiger charge is -2.05. The lowest BCUT2D eigenvalue weighted by molar-refractivity contribution is -0.140. The molecule has 17 heavy (non-hydrogen) atoms. The predicted octanol–water partition coefficient (Wildman–Crippen LogP) is 1.01. The highest BCUT2D eigenvalue weighted by Gasteiger charge is 2.05. The van der Waals surface area contributed by atoms with E-state index in [-0.39, 0.29) is 5.97 Å². The monoisotopic (exact) mass is 234 g/mol. The van der Waals surface area contributed by atoms with E-state index < -0.39 is 0 Å². The third-order valence-corrected chi connectivity index (χ3v) is 2.36. The number of methoxy groups -OCH3 is 1. The standard InChI is InChI=1S/C11H14N4O2/c1-8-7-9-11(12-4-3-10(16)17-2)13-5-6-15(9)14-8/h5-7H,3-4H2,1-2H3,(H,12,13). The molecule has 0 radical (unpaired) electrons. The van der Waals surface area contributed by atoms with E-state index >= 15 is 0 Å². The number of esters is 1. The number of aryl methyl sites for hydroxylation is 1. The number of nitrogens with zero attached hydrogens (tertiary/aromatic N) is 3. The van der Waals surface area contributed by atoms with Gasteiger partial charge in [0.15, 0.2) is 5.82 Å². The van der Waals surface area contributed by atoms with Gasteiger partial charge in [-0.1, -0.05) is 0 Å². The number of fused-ring (bicyclic) bond motifs is 1. The van der Waals surface area contributed by atoms with Gasteiger partial charge in [0, 0.05) is 18.9 Å². The van der Waals surface area contributed by atoms with Gasteiger partial charge in [-0.2, -0.15) is 5.10 Å². The van der Waals surface area contributed by atoms with Gasteiger partial charge in [0.25, 0.3) is 0 Å². The molecule has 0 aliphatic heterocycles. The number of ether oxygens (including phenoxy) is 1. The van der Waals surface area contributed by atoms with E-state index in [1.54, 1.807) is 16.9 Å². The number of hydrogen-bond acceptors (Lipinski definition) is 5. The Morgan fingerprint density at radius 1 is 1.59 bits per heavy atom. The quantitative estimate of drug-likeness (QED) is 0.800. The minimum Gasteiger partial charge on any atom is -0.469 e. The number of anilines is 1. The van der Waals surface area contributed by atoms with Gasteiger partial charge in [-0.15, -0.1) is 0 Å². The van der Waals surface area contributed by atoms with Crippen LogP contribution >= 0.6 is 0 Å². The van der Waals surface area contributed by atoms with Crippen molar-refractivity contribution in [2.45, 2.75) is 13.3 Å². The van der Waals surface area contributed by atoms with Gasteiger partial charge in [-0.3, -0.25) is 4.79 Å². The van der Waals surface area contributed by atoms with Gasteiger partial charge >= 0.3 is 5.97 Å². The molecule has 0 bridgehead atoms. The summed E-state index contributed by atoms with van der Waals surface area (Å²) in [6, 6.07) is 1.94. The minimum atomic E-state index is -0.242. The summed E-state index contributed by atoms with van der Waals surface area (Å²) in [5, 5.41) is 7.37. The van der Waals surface area contributed by atoms with Crippen molar-refractivity contribution in [3.8, 4) is 0 Å². The molecule has 0 aliphatic rings. The molecule has 0 aliphatic carbocycles. The molecule has 0 aromatic carbocycles. The van der Waals surface area contributed by atoms with E-state index in [2.05, 4.69) is 20.1 Å². The topological polar surface area (TPSA) is 68.5 Å². The molecule has 1 N–H and O–H groups in total. The van der Waals surface area contributed by atoms with Crippen molar-refractivity contribution in [2.75, 3.05) is 19.0 Å². The number of nitrogens with one attached hydrogen (secondary N) is 1. The molecule has 2 rings (SSSR count). The smallest absolute Gasteiger partial charge is 0.307 e. The first-order valence-corrected chi connectivity index (χ1v) is 5.32. The summed E-state index contributed by atoms with van der Waals surface area (Å²) in [5.41, 5.74) is 1.82. The first-order chi connectivity index (χ1) is 8.20. The lowest BCUT2D eigenvalue weighted by atomic mass is 10.4. The van der Waals surface area contributed by atoms with Crippen molar-refractivity contribution >= 4 is 17.3 Å². The SMILES string of the molecule is COC(=O)CCNc1nccn2nc(C)cc12. The summed E-state index contributed by atoms with van der Waals surface area (Å²) in [6.45, 7) is 2.41. The lowest BCUT2D eigenvalue weighted by Crippen LogP contribution is -2.11. The Balaban J connectivity index is 2.10. The van der Waals surface area contributed by atoms with E-state index in [9.17, 15) is 4.79 Å². The first-order valence-electron chi connectivity index (χ1n) is 5.32. The van der Waals surface area contributed by atoms with Gasteiger partial charge in [0.1, 0.15) is 5.52 Å². The highest BCUT2D eigenvalue weighted by Crippen LogP contribution is 2.14. The maximum Gasteiger partial charge on any atom is 0.307 e. The van der Waals surface area contributed by atoms with E-state index in [0.29, 0.717) is 13.0 Å². The third-order valence-electron chi connectivity index (χ3n) is 2.36. The molecule has 0 atom stereocenters. The van der Waals surface area contributed by atoms with Gasteiger partial charge < -0.3 is 10.1 Å². The maximum atomic E-state index is 11.0. The Morgan fingerprint density at radius 3 is 3.18 bits per heavy atom. The van der Waals surface area contributed by atoms with Gasteiger partial charge in [-0.25, -0.2) is 9.50 Å². The second-order valence-corrected chi connectivity index (χ2v) is 3.64. The van der Waals surface area contributed by atoms with Crippen LogP contribution in [0.15, 0.2) is 18.5 Å². The van der Waals surface area contributed by atoms with Crippen LogP contribution in [0.5, 0.6) is 0 Å². The van der Waals surface area contributed by atoms with Gasteiger partial charge in [-0.05, 0) is 13.0 Å². The fourth-order valence-corrected chi connectivity index (χ4v) is 1.57. The first kappa shape index (κ1) is 11.4. The van der Waals surface area contributed by atoms with Crippen molar-refractivity contribution < 1.29 is 9.53 Å². The van der Waals surface area contributed by atoms with Crippen LogP contribution in [0, 0.1) is 6.92 Å². The molecule has 0 fully saturated rings. The average molecular weight is 234 g/mol. The second-order valence-electron chi connectivity index (χ2n) is 3.64. The molecule has 0 amide bonds. The van der Waals surface area contributed by atoms with Gasteiger partial charge in [0.2, 0.25) is 0 Å². The predicted molar refractivity (Wildman–Crippen MR) is 62.8 cm³/mol. The van der Waals surface area contributed by atoms with Crippen molar-refractivity contribution in [1.29, 1.82) is 0 Å². The fourth-order valence-electron chi connectivity index (χ4n) is 1.57. The Morgan fingerprint density at radius 2 is 2.41 bits per heavy atom. The Labute approximate surface area is 98.6 Å². The molecular weight excluding hydrogens is 220 g/mol. The van der Waals surface area contributed by atoms with Crippen LogP contribution in [0.25, 0.3) is 5.52 Å². The minimum absolute atomic E-state index is 0.242.